The van der Waals surface area contributed by atoms with Crippen LogP contribution in [0.4, 0.5) is 13.2 Å². The molecule has 0 fully saturated rings. The van der Waals surface area contributed by atoms with E-state index in [4.69, 9.17) is 5.26 Å². The topological polar surface area (TPSA) is 102 Å². The van der Waals surface area contributed by atoms with Gasteiger partial charge in [0.1, 0.15) is 11.2 Å². The van der Waals surface area contributed by atoms with Crippen LogP contribution in [0, 0.1) is 11.3 Å². The fourth-order valence-electron chi connectivity index (χ4n) is 2.69. The molecule has 0 aliphatic carbocycles. The molecule has 0 spiro atoms. The molecule has 11 heteroatoms. The molecule has 0 atom stereocenters. The zero-order valence-electron chi connectivity index (χ0n) is 15.3. The van der Waals surface area contributed by atoms with Crippen molar-refractivity contribution in [1.29, 1.82) is 5.26 Å². The summed E-state index contributed by atoms with van der Waals surface area (Å²) in [6.07, 6.45) is 0.114. The molecule has 29 heavy (non-hydrogen) atoms. The lowest BCUT2D eigenvalue weighted by molar-refractivity contribution is -0.138. The van der Waals surface area contributed by atoms with Gasteiger partial charge in [0.25, 0.3) is 0 Å². The SMILES string of the molecule is CCS(=O)(=O)c1cc(C(F)(F)F)cnc1-c1nc2cc(/C=C\C#N)cnc2n1C. The van der Waals surface area contributed by atoms with Gasteiger partial charge in [-0.3, -0.25) is 4.98 Å². The lowest BCUT2D eigenvalue weighted by Gasteiger charge is -2.12. The molecule has 3 heterocycles. The van der Waals surface area contributed by atoms with Gasteiger partial charge < -0.3 is 4.57 Å². The third kappa shape index (κ3) is 3.84. The van der Waals surface area contributed by atoms with Crippen LogP contribution >= 0.6 is 0 Å². The van der Waals surface area contributed by atoms with Crippen LogP contribution in [0.25, 0.3) is 28.8 Å². The summed E-state index contributed by atoms with van der Waals surface area (Å²) in [6.45, 7) is 1.34. The minimum absolute atomic E-state index is 0.0645. The fourth-order valence-corrected chi connectivity index (χ4v) is 3.74. The number of pyridine rings is 2. The number of nitriles is 1. The molecule has 3 aromatic rings. The van der Waals surface area contributed by atoms with Crippen LogP contribution in [0.1, 0.15) is 18.1 Å². The number of aromatic nitrogens is 4. The summed E-state index contributed by atoms with van der Waals surface area (Å²) in [5.41, 5.74) is 0.00817. The van der Waals surface area contributed by atoms with Crippen molar-refractivity contribution in [3.8, 4) is 17.6 Å². The predicted octanol–water partition coefficient (Wildman–Crippen LogP) is 3.38. The average molecular weight is 421 g/mol. The number of hydrogen-bond acceptors (Lipinski definition) is 6. The highest BCUT2D eigenvalue weighted by Crippen LogP contribution is 2.34. The number of nitrogens with zero attached hydrogens (tertiary/aromatic N) is 5. The summed E-state index contributed by atoms with van der Waals surface area (Å²) in [7, 11) is -2.46. The fraction of sp³-hybridized carbons (Fsp3) is 0.222. The third-order valence-electron chi connectivity index (χ3n) is 4.19. The van der Waals surface area contributed by atoms with Crippen LogP contribution in [0.2, 0.25) is 0 Å². The van der Waals surface area contributed by atoms with Gasteiger partial charge in [0.05, 0.1) is 22.3 Å². The van der Waals surface area contributed by atoms with Gasteiger partial charge in [0.15, 0.2) is 21.3 Å². The number of alkyl halides is 3. The lowest BCUT2D eigenvalue weighted by atomic mass is 10.2. The van der Waals surface area contributed by atoms with Gasteiger partial charge in [-0.1, -0.05) is 6.92 Å². The van der Waals surface area contributed by atoms with E-state index in [1.165, 1.54) is 29.8 Å². The summed E-state index contributed by atoms with van der Waals surface area (Å²) in [5, 5.41) is 8.63. The van der Waals surface area contributed by atoms with Crippen molar-refractivity contribution in [2.45, 2.75) is 18.0 Å². The summed E-state index contributed by atoms with van der Waals surface area (Å²) in [6, 6.07) is 4.05. The largest absolute Gasteiger partial charge is 0.417 e. The second-order valence-electron chi connectivity index (χ2n) is 6.04. The molecule has 3 aromatic heterocycles. The highest BCUT2D eigenvalue weighted by Gasteiger charge is 2.34. The van der Waals surface area contributed by atoms with Crippen LogP contribution in [0.3, 0.4) is 0 Å². The van der Waals surface area contributed by atoms with Crippen molar-refractivity contribution in [2.75, 3.05) is 5.75 Å². The Labute approximate surface area is 164 Å². The van der Waals surface area contributed by atoms with E-state index in [0.29, 0.717) is 29.0 Å². The number of rotatable bonds is 4. The molecule has 0 aliphatic rings. The van der Waals surface area contributed by atoms with E-state index < -0.39 is 32.2 Å². The van der Waals surface area contributed by atoms with Crippen LogP contribution in [-0.2, 0) is 23.1 Å². The molecular formula is C18H14F3N5O2S. The van der Waals surface area contributed by atoms with E-state index >= 15 is 0 Å². The average Bonchev–Trinajstić information content (AvgIpc) is 3.01. The van der Waals surface area contributed by atoms with Crippen LogP contribution in [-0.4, -0.2) is 33.7 Å². The summed E-state index contributed by atoms with van der Waals surface area (Å²) in [5.74, 6) is -0.330. The van der Waals surface area contributed by atoms with Crippen LogP contribution in [0.15, 0.2) is 35.5 Å². The molecule has 150 valence electrons. The Balaban J connectivity index is 2.27. The molecule has 0 amide bonds. The normalized spacial score (nSPS) is 12.6. The van der Waals surface area contributed by atoms with Crippen molar-refractivity contribution in [2.24, 2.45) is 7.05 Å². The second-order valence-corrected chi connectivity index (χ2v) is 8.29. The maximum Gasteiger partial charge on any atom is 0.417 e. The number of imidazole rings is 1. The van der Waals surface area contributed by atoms with Crippen LogP contribution in [0.5, 0.6) is 0 Å². The molecule has 0 unspecified atom stereocenters. The Kier molecular flexibility index (Phi) is 5.15. The minimum Gasteiger partial charge on any atom is -0.310 e. The number of fused-ring (bicyclic) bond motifs is 1. The van der Waals surface area contributed by atoms with Gasteiger partial charge in [-0.2, -0.15) is 18.4 Å². The monoisotopic (exact) mass is 421 g/mol. The second kappa shape index (κ2) is 7.29. The number of halogens is 3. The zero-order chi connectivity index (χ0) is 21.4. The van der Waals surface area contributed by atoms with Crippen molar-refractivity contribution < 1.29 is 21.6 Å². The smallest absolute Gasteiger partial charge is 0.310 e. The minimum atomic E-state index is -4.74. The summed E-state index contributed by atoms with van der Waals surface area (Å²) >= 11 is 0. The molecule has 0 N–H and O–H groups in total. The zero-order valence-corrected chi connectivity index (χ0v) is 16.1. The first kappa shape index (κ1) is 20.5. The first-order valence-electron chi connectivity index (χ1n) is 8.27. The number of sulfone groups is 1. The van der Waals surface area contributed by atoms with E-state index in [2.05, 4.69) is 15.0 Å². The lowest BCUT2D eigenvalue weighted by Crippen LogP contribution is -2.13. The van der Waals surface area contributed by atoms with E-state index in [-0.39, 0.29) is 11.5 Å². The van der Waals surface area contributed by atoms with Crippen molar-refractivity contribution in [3.05, 3.63) is 41.7 Å². The Morgan fingerprint density at radius 3 is 2.59 bits per heavy atom. The molecular weight excluding hydrogens is 407 g/mol. The van der Waals surface area contributed by atoms with E-state index in [0.717, 1.165) is 0 Å². The standard InChI is InChI=1S/C18H14F3N5O2S/c1-3-29(27,28)14-8-12(18(19,20)21)10-23-15(14)17-25-13-7-11(5-4-6-22)9-24-16(13)26(17)2/h4-5,7-10H,3H2,1-2H3/b5-4-. The molecule has 0 saturated carbocycles. The molecule has 0 bridgehead atoms. The van der Waals surface area contributed by atoms with Crippen molar-refractivity contribution in [1.82, 2.24) is 19.5 Å². The maximum absolute atomic E-state index is 13.1. The van der Waals surface area contributed by atoms with Gasteiger partial charge in [-0.15, -0.1) is 0 Å². The van der Waals surface area contributed by atoms with Gasteiger partial charge in [0, 0.05) is 25.5 Å². The molecule has 0 saturated heterocycles. The number of hydrogen-bond donors (Lipinski definition) is 0. The van der Waals surface area contributed by atoms with Crippen molar-refractivity contribution in [3.63, 3.8) is 0 Å². The highest BCUT2D eigenvalue weighted by molar-refractivity contribution is 7.91. The first-order chi connectivity index (χ1) is 13.6. The van der Waals surface area contributed by atoms with Crippen molar-refractivity contribution >= 4 is 27.1 Å². The third-order valence-corrected chi connectivity index (χ3v) is 5.93. The van der Waals surface area contributed by atoms with E-state index in [9.17, 15) is 21.6 Å². The predicted molar refractivity (Wildman–Crippen MR) is 99.1 cm³/mol. The Hall–Kier alpha value is -3.26. The van der Waals surface area contributed by atoms with Gasteiger partial charge in [-0.05, 0) is 23.8 Å². The van der Waals surface area contributed by atoms with Crippen LogP contribution < -0.4 is 0 Å². The van der Waals surface area contributed by atoms with Gasteiger partial charge in [-0.25, -0.2) is 18.4 Å². The summed E-state index contributed by atoms with van der Waals surface area (Å²) < 4.78 is 65.7. The van der Waals surface area contributed by atoms with E-state index in [1.54, 1.807) is 13.1 Å². The Morgan fingerprint density at radius 2 is 1.97 bits per heavy atom. The number of aryl methyl sites for hydroxylation is 1. The molecule has 7 nitrogen and oxygen atoms in total. The number of allylic oxidation sites excluding steroid dienone is 1. The van der Waals surface area contributed by atoms with Gasteiger partial charge >= 0.3 is 6.18 Å². The molecule has 0 aromatic carbocycles. The Morgan fingerprint density at radius 1 is 1.24 bits per heavy atom. The summed E-state index contributed by atoms with van der Waals surface area (Å²) in [4.78, 5) is 11.8. The van der Waals surface area contributed by atoms with E-state index in [1.807, 2.05) is 6.07 Å². The maximum atomic E-state index is 13.1. The molecule has 0 aliphatic heterocycles. The Bertz CT molecular complexity index is 1270. The first-order valence-corrected chi connectivity index (χ1v) is 9.92. The molecule has 3 rings (SSSR count). The van der Waals surface area contributed by atoms with Gasteiger partial charge in [0.2, 0.25) is 0 Å². The quantitative estimate of drug-likeness (QED) is 0.599. The molecule has 0 radical (unpaired) electrons. The highest BCUT2D eigenvalue weighted by atomic mass is 32.2.